The van der Waals surface area contributed by atoms with Crippen molar-refractivity contribution in [2.24, 2.45) is 0 Å². The summed E-state index contributed by atoms with van der Waals surface area (Å²) < 4.78 is 6.53. The first-order valence-corrected chi connectivity index (χ1v) is 9.65. The molecule has 2 heterocycles. The Morgan fingerprint density at radius 2 is 1.94 bits per heavy atom. The molecule has 1 aliphatic rings. The second-order valence-corrected chi connectivity index (χ2v) is 7.08. The number of nitro benzene ring substituents is 1. The third-order valence-corrected chi connectivity index (χ3v) is 5.08. The number of rotatable bonds is 5. The summed E-state index contributed by atoms with van der Waals surface area (Å²) in [6, 6.07) is 13.9. The van der Waals surface area contributed by atoms with Gasteiger partial charge >= 0.3 is 12.0 Å². The zero-order chi connectivity index (χ0) is 22.8. The van der Waals surface area contributed by atoms with E-state index < -0.39 is 23.0 Å². The van der Waals surface area contributed by atoms with Gasteiger partial charge in [-0.05, 0) is 19.1 Å². The first-order chi connectivity index (χ1) is 15.4. The number of methoxy groups -OCH3 is 1. The Balaban J connectivity index is 1.94. The van der Waals surface area contributed by atoms with Gasteiger partial charge in [-0.3, -0.25) is 10.1 Å². The van der Waals surface area contributed by atoms with Crippen LogP contribution in [0.4, 0.5) is 10.5 Å². The summed E-state index contributed by atoms with van der Waals surface area (Å²) >= 11 is 0. The van der Waals surface area contributed by atoms with Gasteiger partial charge in [-0.15, -0.1) is 0 Å². The van der Waals surface area contributed by atoms with Crippen LogP contribution in [-0.4, -0.2) is 33.8 Å². The molecule has 0 saturated heterocycles. The van der Waals surface area contributed by atoms with E-state index in [0.29, 0.717) is 22.5 Å². The van der Waals surface area contributed by atoms with E-state index in [1.54, 1.807) is 29.9 Å². The summed E-state index contributed by atoms with van der Waals surface area (Å²) in [5.41, 5.74) is 2.55. The monoisotopic (exact) mass is 433 g/mol. The van der Waals surface area contributed by atoms with Crippen molar-refractivity contribution >= 4 is 17.7 Å². The fourth-order valence-corrected chi connectivity index (χ4v) is 3.61. The van der Waals surface area contributed by atoms with Gasteiger partial charge in [-0.2, -0.15) is 5.10 Å². The highest BCUT2D eigenvalue weighted by Crippen LogP contribution is 2.35. The average Bonchev–Trinajstić information content (AvgIpc) is 3.24. The third kappa shape index (κ3) is 3.81. The van der Waals surface area contributed by atoms with E-state index in [2.05, 4.69) is 15.7 Å². The van der Waals surface area contributed by atoms with Crippen molar-refractivity contribution in [3.8, 4) is 16.9 Å². The van der Waals surface area contributed by atoms with Gasteiger partial charge in [0.05, 0.1) is 35.0 Å². The molecule has 162 valence electrons. The maximum absolute atomic E-state index is 12.5. The first-order valence-electron chi connectivity index (χ1n) is 9.65. The topological polar surface area (TPSA) is 128 Å². The fraction of sp³-hybridized carbons (Fsp3) is 0.136. The van der Waals surface area contributed by atoms with Crippen molar-refractivity contribution in [3.63, 3.8) is 0 Å². The number of carbonyl (C=O) groups excluding carboxylic acids is 2. The van der Waals surface area contributed by atoms with E-state index in [0.717, 1.165) is 5.69 Å². The summed E-state index contributed by atoms with van der Waals surface area (Å²) in [7, 11) is 1.25. The number of hydrogen-bond donors (Lipinski definition) is 2. The number of nitro groups is 1. The van der Waals surface area contributed by atoms with E-state index in [1.165, 1.54) is 19.2 Å². The van der Waals surface area contributed by atoms with Crippen LogP contribution in [-0.2, 0) is 9.53 Å². The molecule has 0 aliphatic carbocycles. The van der Waals surface area contributed by atoms with Crippen LogP contribution >= 0.6 is 0 Å². The van der Waals surface area contributed by atoms with Crippen molar-refractivity contribution < 1.29 is 19.2 Å². The third-order valence-electron chi connectivity index (χ3n) is 5.08. The highest BCUT2D eigenvalue weighted by molar-refractivity contribution is 5.95. The lowest BCUT2D eigenvalue weighted by atomic mass is 9.93. The molecule has 32 heavy (non-hydrogen) atoms. The van der Waals surface area contributed by atoms with Crippen molar-refractivity contribution in [1.82, 2.24) is 20.4 Å². The van der Waals surface area contributed by atoms with Crippen LogP contribution < -0.4 is 10.6 Å². The van der Waals surface area contributed by atoms with Crippen LogP contribution in [0.2, 0.25) is 0 Å². The van der Waals surface area contributed by atoms with Gasteiger partial charge in [-0.25, -0.2) is 14.3 Å². The number of allylic oxidation sites excluding steroid dienone is 1. The number of amides is 2. The zero-order valence-electron chi connectivity index (χ0n) is 17.2. The van der Waals surface area contributed by atoms with E-state index in [9.17, 15) is 19.7 Å². The normalized spacial score (nSPS) is 15.7. The smallest absolute Gasteiger partial charge is 0.337 e. The lowest BCUT2D eigenvalue weighted by molar-refractivity contribution is -0.384. The summed E-state index contributed by atoms with van der Waals surface area (Å²) in [6.07, 6.45) is 1.69. The highest BCUT2D eigenvalue weighted by atomic mass is 16.6. The maximum Gasteiger partial charge on any atom is 0.337 e. The van der Waals surface area contributed by atoms with E-state index >= 15 is 0 Å². The number of hydrogen-bond acceptors (Lipinski definition) is 6. The number of nitrogens with zero attached hydrogens (tertiary/aromatic N) is 3. The van der Waals surface area contributed by atoms with Crippen LogP contribution in [0.25, 0.3) is 16.9 Å². The number of aromatic nitrogens is 2. The minimum absolute atomic E-state index is 0.100. The molecule has 1 aromatic heterocycles. The molecule has 1 atom stereocenters. The predicted octanol–water partition coefficient (Wildman–Crippen LogP) is 3.25. The Hall–Kier alpha value is -4.47. The van der Waals surface area contributed by atoms with Crippen LogP contribution in [0, 0.1) is 10.1 Å². The van der Waals surface area contributed by atoms with Crippen LogP contribution in [0.5, 0.6) is 0 Å². The molecule has 2 amide bonds. The first kappa shape index (κ1) is 20.8. The number of urea groups is 1. The Labute approximate surface area is 182 Å². The Kier molecular flexibility index (Phi) is 5.42. The maximum atomic E-state index is 12.5. The molecular weight excluding hydrogens is 414 g/mol. The van der Waals surface area contributed by atoms with E-state index in [4.69, 9.17) is 4.74 Å². The molecule has 3 aromatic rings. The van der Waals surface area contributed by atoms with Crippen molar-refractivity contribution in [3.05, 3.63) is 87.7 Å². The molecule has 0 fully saturated rings. The Bertz CT molecular complexity index is 1250. The highest BCUT2D eigenvalue weighted by Gasteiger charge is 2.35. The van der Waals surface area contributed by atoms with Crippen LogP contribution in [0.1, 0.15) is 18.5 Å². The van der Waals surface area contributed by atoms with Gasteiger partial charge in [0, 0.05) is 35.2 Å². The number of esters is 1. The fourth-order valence-electron chi connectivity index (χ4n) is 3.61. The molecule has 10 heteroatoms. The van der Waals surface area contributed by atoms with Gasteiger partial charge in [0.25, 0.3) is 5.69 Å². The number of non-ortho nitro benzene ring substituents is 1. The molecule has 0 radical (unpaired) electrons. The van der Waals surface area contributed by atoms with Crippen molar-refractivity contribution in [1.29, 1.82) is 0 Å². The van der Waals surface area contributed by atoms with E-state index in [1.807, 2.05) is 30.3 Å². The van der Waals surface area contributed by atoms with Gasteiger partial charge in [0.2, 0.25) is 0 Å². The summed E-state index contributed by atoms with van der Waals surface area (Å²) in [5.74, 6) is -0.613. The minimum Gasteiger partial charge on any atom is -0.466 e. The molecule has 0 saturated carbocycles. The molecule has 0 spiro atoms. The Morgan fingerprint density at radius 1 is 1.19 bits per heavy atom. The largest absolute Gasteiger partial charge is 0.466 e. The molecule has 0 bridgehead atoms. The van der Waals surface area contributed by atoms with Crippen molar-refractivity contribution in [2.75, 3.05) is 7.11 Å². The van der Waals surface area contributed by atoms with Gasteiger partial charge in [0.15, 0.2) is 0 Å². The summed E-state index contributed by atoms with van der Waals surface area (Å²) in [4.78, 5) is 35.6. The van der Waals surface area contributed by atoms with Crippen molar-refractivity contribution in [2.45, 2.75) is 13.0 Å². The molecule has 4 rings (SSSR count). The van der Waals surface area contributed by atoms with E-state index in [-0.39, 0.29) is 11.3 Å². The van der Waals surface area contributed by atoms with Gasteiger partial charge in [-0.1, -0.05) is 30.3 Å². The minimum atomic E-state index is -0.872. The summed E-state index contributed by atoms with van der Waals surface area (Å²) in [5, 5.41) is 21.3. The molecule has 2 N–H and O–H groups in total. The lowest BCUT2D eigenvalue weighted by Crippen LogP contribution is -2.45. The quantitative estimate of drug-likeness (QED) is 0.361. The lowest BCUT2D eigenvalue weighted by Gasteiger charge is -2.27. The van der Waals surface area contributed by atoms with Gasteiger partial charge in [0.1, 0.15) is 0 Å². The predicted molar refractivity (Wildman–Crippen MR) is 115 cm³/mol. The molecule has 0 unspecified atom stereocenters. The second-order valence-electron chi connectivity index (χ2n) is 7.08. The second kappa shape index (κ2) is 8.34. The molecule has 2 aromatic carbocycles. The number of para-hydroxylation sites is 1. The number of carbonyl (C=O) groups is 2. The SMILES string of the molecule is COC(=O)C1=C(C)NC(=O)N[C@@H]1c1cn(-c2ccccc2)nc1-c1cccc([N+](=O)[O-])c1. The number of ether oxygens (including phenoxy) is 1. The average molecular weight is 433 g/mol. The molecular formula is C22H19N5O5. The number of benzene rings is 2. The van der Waals surface area contributed by atoms with Gasteiger partial charge < -0.3 is 15.4 Å². The van der Waals surface area contributed by atoms with Crippen LogP contribution in [0.15, 0.2) is 72.1 Å². The van der Waals surface area contributed by atoms with Crippen LogP contribution in [0.3, 0.4) is 0 Å². The number of nitrogens with one attached hydrogen (secondary N) is 2. The molecule has 1 aliphatic heterocycles. The Morgan fingerprint density at radius 3 is 2.62 bits per heavy atom. The standard InChI is InChI=1S/C22H19N5O5/c1-13-18(21(28)32-2)20(24-22(29)23-13)17-12-26(15-8-4-3-5-9-15)25-19(17)14-7-6-10-16(11-14)27(30)31/h3-12,20H,1-2H3,(H2,23,24,29)/t20-/m1/s1. The zero-order valence-corrected chi connectivity index (χ0v) is 17.2. The molecule has 10 nitrogen and oxygen atoms in total. The summed E-state index contributed by atoms with van der Waals surface area (Å²) in [6.45, 7) is 1.60.